The number of benzene rings is 1. The Kier molecular flexibility index (Phi) is 10.5. The number of rotatable bonds is 12. The third-order valence-corrected chi connectivity index (χ3v) is 7.78. The normalized spacial score (nSPS) is 14.5. The Morgan fingerprint density at radius 1 is 1.21 bits per heavy atom. The highest BCUT2D eigenvalue weighted by Crippen LogP contribution is 2.28. The summed E-state index contributed by atoms with van der Waals surface area (Å²) in [6.07, 6.45) is 6.53. The van der Waals surface area contributed by atoms with Gasteiger partial charge in [-0.1, -0.05) is 6.07 Å². The molecule has 0 unspecified atom stereocenters. The van der Waals surface area contributed by atoms with E-state index < -0.39 is 5.91 Å². The van der Waals surface area contributed by atoms with Crippen LogP contribution in [0.4, 0.5) is 5.69 Å². The van der Waals surface area contributed by atoms with Crippen LogP contribution in [0.3, 0.4) is 0 Å². The van der Waals surface area contributed by atoms with Crippen LogP contribution in [0.5, 0.6) is 5.75 Å². The van der Waals surface area contributed by atoms with Crippen molar-refractivity contribution in [3.63, 3.8) is 0 Å². The van der Waals surface area contributed by atoms with Gasteiger partial charge in [0.05, 0.1) is 11.3 Å². The Hall–Kier alpha value is -4.49. The Balaban J connectivity index is 1.33. The summed E-state index contributed by atoms with van der Waals surface area (Å²) in [6, 6.07) is 16.2. The molecule has 10 heteroatoms. The number of hydrogen-bond acceptors (Lipinski definition) is 8. The lowest BCUT2D eigenvalue weighted by molar-refractivity contribution is -0.119. The molecule has 4 rings (SSSR count). The highest BCUT2D eigenvalue weighted by molar-refractivity contribution is 5.96. The maximum absolute atomic E-state index is 12.8. The maximum atomic E-state index is 12.8. The van der Waals surface area contributed by atoms with E-state index in [1.165, 1.54) is 0 Å². The molecule has 3 heterocycles. The number of aryl methyl sites for hydroxylation is 2. The first-order valence-electron chi connectivity index (χ1n) is 14.3. The number of aromatic nitrogens is 2. The van der Waals surface area contributed by atoms with Crippen molar-refractivity contribution < 1.29 is 14.3 Å². The van der Waals surface area contributed by atoms with Crippen LogP contribution in [0.2, 0.25) is 0 Å². The van der Waals surface area contributed by atoms with Gasteiger partial charge in [-0.2, -0.15) is 5.26 Å². The highest BCUT2D eigenvalue weighted by atomic mass is 16.5. The largest absolute Gasteiger partial charge is 0.484 e. The van der Waals surface area contributed by atoms with Crippen molar-refractivity contribution in [3.05, 3.63) is 82.9 Å². The molecule has 1 atom stereocenters. The van der Waals surface area contributed by atoms with Crippen molar-refractivity contribution in [3.8, 4) is 11.8 Å². The molecule has 1 fully saturated rings. The molecular weight excluding hydrogens is 530 g/mol. The minimum atomic E-state index is -0.505. The molecule has 3 aromatic rings. The first kappa shape index (κ1) is 30.5. The topological polar surface area (TPSA) is 137 Å². The minimum absolute atomic E-state index is 0.148. The zero-order chi connectivity index (χ0) is 30.1. The van der Waals surface area contributed by atoms with Crippen molar-refractivity contribution in [1.82, 2.24) is 20.2 Å². The maximum Gasteiger partial charge on any atom is 0.255 e. The fraction of sp³-hybridized carbons (Fsp3) is 0.406. The van der Waals surface area contributed by atoms with Crippen molar-refractivity contribution >= 4 is 17.5 Å². The van der Waals surface area contributed by atoms with Crippen LogP contribution in [-0.4, -0.2) is 65.0 Å². The van der Waals surface area contributed by atoms with Crippen LogP contribution in [0.15, 0.2) is 54.9 Å². The number of likely N-dealkylation sites (tertiary alicyclic amines) is 1. The van der Waals surface area contributed by atoms with Gasteiger partial charge in [-0.05, 0) is 87.6 Å². The van der Waals surface area contributed by atoms with Crippen molar-refractivity contribution in [2.45, 2.75) is 58.7 Å². The van der Waals surface area contributed by atoms with Crippen LogP contribution >= 0.6 is 0 Å². The van der Waals surface area contributed by atoms with E-state index >= 15 is 0 Å². The molecule has 1 aliphatic rings. The zero-order valence-electron chi connectivity index (χ0n) is 24.5. The molecule has 0 spiro atoms. The van der Waals surface area contributed by atoms with E-state index in [0.29, 0.717) is 41.3 Å². The second-order valence-electron chi connectivity index (χ2n) is 10.8. The smallest absolute Gasteiger partial charge is 0.255 e. The monoisotopic (exact) mass is 569 g/mol. The quantitative estimate of drug-likeness (QED) is 0.338. The summed E-state index contributed by atoms with van der Waals surface area (Å²) in [5.41, 5.74) is 9.63. The SMILES string of the molecule is Cc1cc(C#N)nc(C)c1C(=O)NCC[C@@H](C)N1CCC(N(Cc2cccnc2)c2ccc(OCC(N)=O)cc2)CC1. The van der Waals surface area contributed by atoms with Gasteiger partial charge in [0.25, 0.3) is 11.8 Å². The first-order valence-corrected chi connectivity index (χ1v) is 14.3. The fourth-order valence-corrected chi connectivity index (χ4v) is 5.54. The molecule has 220 valence electrons. The van der Waals surface area contributed by atoms with Gasteiger partial charge in [0.15, 0.2) is 6.61 Å². The summed E-state index contributed by atoms with van der Waals surface area (Å²) in [4.78, 5) is 37.4. The first-order chi connectivity index (χ1) is 20.2. The lowest BCUT2D eigenvalue weighted by Crippen LogP contribution is -2.48. The molecule has 3 N–H and O–H groups in total. The number of primary amides is 1. The van der Waals surface area contributed by atoms with Gasteiger partial charge >= 0.3 is 0 Å². The number of nitrogens with one attached hydrogen (secondary N) is 1. The molecule has 42 heavy (non-hydrogen) atoms. The van der Waals surface area contributed by atoms with E-state index in [1.807, 2.05) is 49.5 Å². The summed E-state index contributed by atoms with van der Waals surface area (Å²) >= 11 is 0. The van der Waals surface area contributed by atoms with Crippen LogP contribution < -0.4 is 20.7 Å². The third-order valence-electron chi connectivity index (χ3n) is 7.78. The van der Waals surface area contributed by atoms with Crippen molar-refractivity contribution in [1.29, 1.82) is 5.26 Å². The van der Waals surface area contributed by atoms with E-state index in [-0.39, 0.29) is 12.5 Å². The molecule has 0 bridgehead atoms. The van der Waals surface area contributed by atoms with E-state index in [0.717, 1.165) is 55.7 Å². The number of carbonyl (C=O) groups is 2. The van der Waals surface area contributed by atoms with Gasteiger partial charge in [0.2, 0.25) is 0 Å². The summed E-state index contributed by atoms with van der Waals surface area (Å²) in [7, 11) is 0. The minimum Gasteiger partial charge on any atom is -0.484 e. The number of nitrogens with zero attached hydrogens (tertiary/aromatic N) is 5. The number of anilines is 1. The standard InChI is InChI=1S/C32H39N7O3/c1-22-17-26(18-33)37-24(3)31(22)32(41)36-14-10-23(2)38-15-11-28(12-16-38)39(20-25-5-4-13-35-19-25)27-6-8-29(9-7-27)42-21-30(34)40/h4-9,13,17,19,23,28H,10-12,14-16,20-21H2,1-3H3,(H2,34,40)(H,36,41)/t23-/m1/s1. The molecule has 2 amide bonds. The van der Waals surface area contributed by atoms with Crippen LogP contribution in [0, 0.1) is 25.2 Å². The van der Waals surface area contributed by atoms with Gasteiger partial charge in [-0.3, -0.25) is 14.6 Å². The summed E-state index contributed by atoms with van der Waals surface area (Å²) in [6.45, 7) is 8.89. The highest BCUT2D eigenvalue weighted by Gasteiger charge is 2.27. The number of ether oxygens (including phenoxy) is 1. The molecule has 1 saturated heterocycles. The van der Waals surface area contributed by atoms with Crippen LogP contribution in [-0.2, 0) is 11.3 Å². The average Bonchev–Trinajstić information content (AvgIpc) is 2.99. The number of carbonyl (C=O) groups excluding carboxylic acids is 2. The number of pyridine rings is 2. The van der Waals surface area contributed by atoms with E-state index in [1.54, 1.807) is 19.2 Å². The predicted molar refractivity (Wildman–Crippen MR) is 161 cm³/mol. The van der Waals surface area contributed by atoms with Gasteiger partial charge in [0, 0.05) is 56.3 Å². The number of nitriles is 1. The van der Waals surface area contributed by atoms with Gasteiger partial charge in [0.1, 0.15) is 17.5 Å². The molecule has 2 aromatic heterocycles. The van der Waals surface area contributed by atoms with Crippen LogP contribution in [0.1, 0.15) is 59.1 Å². The van der Waals surface area contributed by atoms with Gasteiger partial charge in [-0.15, -0.1) is 0 Å². The molecular formula is C32H39N7O3. The lowest BCUT2D eigenvalue weighted by atomic mass is 9.99. The van der Waals surface area contributed by atoms with Gasteiger partial charge < -0.3 is 25.6 Å². The number of hydrogen-bond donors (Lipinski definition) is 2. The number of piperidine rings is 1. The third kappa shape index (κ3) is 8.04. The second-order valence-corrected chi connectivity index (χ2v) is 10.8. The van der Waals surface area contributed by atoms with E-state index in [2.05, 4.69) is 38.1 Å². The van der Waals surface area contributed by atoms with Crippen LogP contribution in [0.25, 0.3) is 0 Å². The number of amides is 2. The Morgan fingerprint density at radius 3 is 2.57 bits per heavy atom. The Labute approximate surface area is 247 Å². The molecule has 10 nitrogen and oxygen atoms in total. The molecule has 1 aromatic carbocycles. The summed E-state index contributed by atoms with van der Waals surface area (Å²) < 4.78 is 5.45. The molecule has 1 aliphatic heterocycles. The zero-order valence-corrected chi connectivity index (χ0v) is 24.5. The molecule has 0 saturated carbocycles. The number of nitrogens with two attached hydrogens (primary N) is 1. The Morgan fingerprint density at radius 2 is 1.95 bits per heavy atom. The predicted octanol–water partition coefficient (Wildman–Crippen LogP) is 3.51. The molecule has 0 radical (unpaired) electrons. The summed E-state index contributed by atoms with van der Waals surface area (Å²) in [5.74, 6) is -0.0465. The summed E-state index contributed by atoms with van der Waals surface area (Å²) in [5, 5.41) is 12.2. The average molecular weight is 570 g/mol. The van der Waals surface area contributed by atoms with E-state index in [4.69, 9.17) is 15.7 Å². The lowest BCUT2D eigenvalue weighted by Gasteiger charge is -2.42. The van der Waals surface area contributed by atoms with Crippen molar-refractivity contribution in [2.24, 2.45) is 5.73 Å². The second kappa shape index (κ2) is 14.4. The Bertz CT molecular complexity index is 1370. The molecule has 0 aliphatic carbocycles. The fourth-order valence-electron chi connectivity index (χ4n) is 5.54. The van der Waals surface area contributed by atoms with Gasteiger partial charge in [-0.25, -0.2) is 4.98 Å². The van der Waals surface area contributed by atoms with E-state index in [9.17, 15) is 9.59 Å². The van der Waals surface area contributed by atoms with Crippen molar-refractivity contribution in [2.75, 3.05) is 31.1 Å².